The maximum absolute atomic E-state index is 12.6. The van der Waals surface area contributed by atoms with Gasteiger partial charge in [-0.1, -0.05) is 17.8 Å². The molecule has 0 aromatic carbocycles. The van der Waals surface area contributed by atoms with Gasteiger partial charge in [-0.2, -0.15) is 0 Å². The largest absolute Gasteiger partial charge is 0.381 e. The first-order chi connectivity index (χ1) is 9.93. The van der Waals surface area contributed by atoms with Crippen molar-refractivity contribution >= 4 is 37.3 Å². The van der Waals surface area contributed by atoms with Gasteiger partial charge in [0.05, 0.1) is 9.48 Å². The summed E-state index contributed by atoms with van der Waals surface area (Å²) in [6.07, 6.45) is 4.96. The van der Waals surface area contributed by atoms with Crippen molar-refractivity contribution in [3.63, 3.8) is 0 Å². The van der Waals surface area contributed by atoms with E-state index in [1.807, 2.05) is 0 Å². The van der Waals surface area contributed by atoms with E-state index in [0.717, 1.165) is 49.1 Å². The maximum Gasteiger partial charge on any atom is 0.268 e. The molecule has 1 atom stereocenters. The quantitative estimate of drug-likeness (QED) is 0.855. The number of nitrogens with one attached hydrogen (secondary N) is 1. The topological polar surface area (TPSA) is 68.3 Å². The summed E-state index contributed by atoms with van der Waals surface area (Å²) in [5.74, 6) is 0. The van der Waals surface area contributed by atoms with Gasteiger partial charge in [0.1, 0.15) is 0 Å². The highest BCUT2D eigenvalue weighted by Crippen LogP contribution is 2.46. The van der Waals surface area contributed by atoms with Crippen molar-refractivity contribution in [1.29, 1.82) is 0 Å². The van der Waals surface area contributed by atoms with E-state index in [-0.39, 0.29) is 15.8 Å². The molecule has 3 rings (SSSR count). The van der Waals surface area contributed by atoms with Crippen LogP contribution in [0.25, 0.3) is 0 Å². The number of nitrogens with zero attached hydrogens (tertiary/aromatic N) is 1. The third kappa shape index (κ3) is 3.06. The molecule has 1 saturated heterocycles. The van der Waals surface area contributed by atoms with Gasteiger partial charge in [0.15, 0.2) is 0 Å². The molecule has 0 bridgehead atoms. The van der Waals surface area contributed by atoms with Crippen LogP contribution in [-0.4, -0.2) is 32.7 Å². The number of aryl methyl sites for hydroxylation is 1. The van der Waals surface area contributed by atoms with E-state index in [2.05, 4.69) is 25.6 Å². The van der Waals surface area contributed by atoms with E-state index in [1.165, 1.54) is 11.3 Å². The van der Waals surface area contributed by atoms with Crippen molar-refractivity contribution in [2.45, 2.75) is 49.4 Å². The summed E-state index contributed by atoms with van der Waals surface area (Å²) in [6, 6.07) is 0.00869. The number of rotatable bonds is 3. The fourth-order valence-electron chi connectivity index (χ4n) is 3.41. The Morgan fingerprint density at radius 2 is 2.10 bits per heavy atom. The minimum absolute atomic E-state index is 0.00869. The number of sulfonamides is 1. The van der Waals surface area contributed by atoms with Crippen LogP contribution < -0.4 is 4.72 Å². The molecule has 0 radical (unpaired) electrons. The van der Waals surface area contributed by atoms with Crippen LogP contribution in [0.2, 0.25) is 0 Å². The predicted molar refractivity (Wildman–Crippen MR) is 85.0 cm³/mol. The van der Waals surface area contributed by atoms with Gasteiger partial charge in [-0.3, -0.25) is 0 Å². The molecule has 1 spiro atoms. The van der Waals surface area contributed by atoms with Crippen LogP contribution in [0, 0.1) is 12.3 Å². The third-order valence-electron chi connectivity index (χ3n) is 4.64. The molecule has 2 aliphatic rings. The molecule has 0 amide bonds. The lowest BCUT2D eigenvalue weighted by atomic mass is 9.76. The van der Waals surface area contributed by atoms with Crippen LogP contribution in [-0.2, 0) is 14.8 Å². The van der Waals surface area contributed by atoms with Crippen molar-refractivity contribution in [1.82, 2.24) is 9.71 Å². The molecule has 8 heteroatoms. The molecule has 1 unspecified atom stereocenters. The van der Waals surface area contributed by atoms with E-state index in [0.29, 0.717) is 5.69 Å². The lowest BCUT2D eigenvalue weighted by molar-refractivity contribution is 0.00801. The summed E-state index contributed by atoms with van der Waals surface area (Å²) in [5, 5.41) is 0. The minimum atomic E-state index is -3.53. The monoisotopic (exact) mass is 394 g/mol. The fourth-order valence-corrected chi connectivity index (χ4v) is 6.74. The zero-order valence-corrected chi connectivity index (χ0v) is 15.1. The fraction of sp³-hybridized carbons (Fsp3) is 0.769. The van der Waals surface area contributed by atoms with Crippen LogP contribution in [0.4, 0.5) is 0 Å². The molecule has 1 aliphatic heterocycles. The van der Waals surface area contributed by atoms with Gasteiger partial charge in [-0.25, -0.2) is 18.1 Å². The van der Waals surface area contributed by atoms with Crippen molar-refractivity contribution in [2.75, 3.05) is 13.2 Å². The second-order valence-electron chi connectivity index (χ2n) is 5.88. The van der Waals surface area contributed by atoms with Gasteiger partial charge in [-0.15, -0.1) is 0 Å². The van der Waals surface area contributed by atoms with E-state index >= 15 is 0 Å². The molecule has 1 saturated carbocycles. The minimum Gasteiger partial charge on any atom is -0.381 e. The number of halogens is 1. The van der Waals surface area contributed by atoms with E-state index in [4.69, 9.17) is 4.74 Å². The van der Waals surface area contributed by atoms with Crippen molar-refractivity contribution < 1.29 is 13.2 Å². The molecule has 1 aromatic heterocycles. The molecule has 1 aliphatic carbocycles. The van der Waals surface area contributed by atoms with Crippen molar-refractivity contribution in [3.05, 3.63) is 9.48 Å². The van der Waals surface area contributed by atoms with Crippen LogP contribution >= 0.6 is 27.3 Å². The van der Waals surface area contributed by atoms with Crippen LogP contribution in [0.1, 0.15) is 37.8 Å². The standard InChI is InChI=1S/C13H19BrN2O3S2/c1-9-11(14)20-12(15-9)21(17,18)16-10-3-2-4-13(10)5-7-19-8-6-13/h10,16H,2-8H2,1H3. The van der Waals surface area contributed by atoms with Gasteiger partial charge in [0.2, 0.25) is 4.34 Å². The average Bonchev–Trinajstić information content (AvgIpc) is 2.97. The predicted octanol–water partition coefficient (Wildman–Crippen LogP) is 2.84. The molecule has 1 N–H and O–H groups in total. The average molecular weight is 395 g/mol. The zero-order chi connectivity index (χ0) is 15.1. The lowest BCUT2D eigenvalue weighted by Crippen LogP contribution is -2.46. The van der Waals surface area contributed by atoms with E-state index in [1.54, 1.807) is 6.92 Å². The second-order valence-corrected chi connectivity index (χ2v) is 10.1. The molecule has 2 heterocycles. The summed E-state index contributed by atoms with van der Waals surface area (Å²) in [6.45, 7) is 3.27. The number of hydrogen-bond donors (Lipinski definition) is 1. The molecule has 2 fully saturated rings. The highest BCUT2D eigenvalue weighted by Gasteiger charge is 2.45. The Hall–Kier alpha value is -0.0200. The zero-order valence-electron chi connectivity index (χ0n) is 11.9. The molecular formula is C13H19BrN2O3S2. The van der Waals surface area contributed by atoms with Crippen molar-refractivity contribution in [3.8, 4) is 0 Å². The molecule has 1 aromatic rings. The first-order valence-electron chi connectivity index (χ1n) is 7.16. The molecule has 21 heavy (non-hydrogen) atoms. The number of ether oxygens (including phenoxy) is 1. The van der Waals surface area contributed by atoms with E-state index in [9.17, 15) is 8.42 Å². The number of hydrogen-bond acceptors (Lipinski definition) is 5. The third-order valence-corrected chi connectivity index (χ3v) is 8.50. The lowest BCUT2D eigenvalue weighted by Gasteiger charge is -2.38. The summed E-state index contributed by atoms with van der Waals surface area (Å²) >= 11 is 4.51. The Morgan fingerprint density at radius 3 is 2.71 bits per heavy atom. The van der Waals surface area contributed by atoms with E-state index < -0.39 is 10.0 Å². The maximum atomic E-state index is 12.6. The first kappa shape index (κ1) is 15.9. The van der Waals surface area contributed by atoms with Crippen molar-refractivity contribution in [2.24, 2.45) is 5.41 Å². The Morgan fingerprint density at radius 1 is 1.38 bits per heavy atom. The van der Waals surface area contributed by atoms with Crippen LogP contribution in [0.15, 0.2) is 8.13 Å². The normalized spacial score (nSPS) is 25.5. The highest BCUT2D eigenvalue weighted by atomic mass is 79.9. The van der Waals surface area contributed by atoms with Gasteiger partial charge >= 0.3 is 0 Å². The first-order valence-corrected chi connectivity index (χ1v) is 10.3. The Bertz CT molecular complexity index is 604. The number of thiazole rings is 1. The molecule has 118 valence electrons. The molecular weight excluding hydrogens is 376 g/mol. The summed E-state index contributed by atoms with van der Waals surface area (Å²) < 4.78 is 34.4. The summed E-state index contributed by atoms with van der Waals surface area (Å²) in [4.78, 5) is 4.15. The van der Waals surface area contributed by atoms with Gasteiger partial charge in [0.25, 0.3) is 10.0 Å². The second kappa shape index (κ2) is 5.88. The SMILES string of the molecule is Cc1nc(S(=O)(=O)NC2CCCC23CCOCC3)sc1Br. The van der Waals surface area contributed by atoms with Gasteiger partial charge in [-0.05, 0) is 54.0 Å². The van der Waals surface area contributed by atoms with Crippen LogP contribution in [0.3, 0.4) is 0 Å². The Kier molecular flexibility index (Phi) is 4.44. The Balaban J connectivity index is 1.81. The van der Waals surface area contributed by atoms with Gasteiger partial charge in [0, 0.05) is 19.3 Å². The van der Waals surface area contributed by atoms with Crippen LogP contribution in [0.5, 0.6) is 0 Å². The van der Waals surface area contributed by atoms with Gasteiger partial charge < -0.3 is 4.74 Å². The highest BCUT2D eigenvalue weighted by molar-refractivity contribution is 9.11. The Labute approximate surface area is 137 Å². The number of aromatic nitrogens is 1. The summed E-state index contributed by atoms with van der Waals surface area (Å²) in [5.41, 5.74) is 0.794. The molecule has 5 nitrogen and oxygen atoms in total. The summed E-state index contributed by atoms with van der Waals surface area (Å²) in [7, 11) is -3.53. The smallest absolute Gasteiger partial charge is 0.268 e.